The third kappa shape index (κ3) is 2.06. The van der Waals surface area contributed by atoms with E-state index in [-0.39, 0.29) is 13.2 Å². The Morgan fingerprint density at radius 3 is 2.46 bits per heavy atom. The van der Waals surface area contributed by atoms with Crippen LogP contribution in [0.3, 0.4) is 0 Å². The van der Waals surface area contributed by atoms with Crippen molar-refractivity contribution in [2.45, 2.75) is 13.2 Å². The Labute approximate surface area is 80.6 Å². The lowest BCUT2D eigenvalue weighted by Crippen LogP contribution is -1.99. The molecule has 0 saturated carbocycles. The average Bonchev–Trinajstić information content (AvgIpc) is 2.16. The zero-order valence-electron chi connectivity index (χ0n) is 6.83. The molecule has 0 heterocycles. The number of hydrogen-bond donors (Lipinski definition) is 2. The van der Waals surface area contributed by atoms with E-state index in [1.807, 2.05) is 0 Å². The first-order chi connectivity index (χ1) is 6.22. The smallest absolute Gasteiger partial charge is 0.150 e. The number of benzene rings is 1. The highest BCUT2D eigenvalue weighted by atomic mass is 35.5. The Morgan fingerprint density at radius 1 is 1.31 bits per heavy atom. The molecule has 2 N–H and O–H groups in total. The average molecular weight is 201 g/mol. The van der Waals surface area contributed by atoms with Crippen molar-refractivity contribution in [3.8, 4) is 0 Å². The number of carbonyl (C=O) groups excluding carboxylic acids is 1. The lowest BCUT2D eigenvalue weighted by Gasteiger charge is -2.07. The van der Waals surface area contributed by atoms with Crippen molar-refractivity contribution in [2.24, 2.45) is 0 Å². The van der Waals surface area contributed by atoms with E-state index in [2.05, 4.69) is 0 Å². The number of aliphatic hydroxyl groups excluding tert-OH is 2. The van der Waals surface area contributed by atoms with Gasteiger partial charge < -0.3 is 10.2 Å². The van der Waals surface area contributed by atoms with Crippen molar-refractivity contribution in [1.82, 2.24) is 0 Å². The summed E-state index contributed by atoms with van der Waals surface area (Å²) in [6, 6.07) is 2.99. The fourth-order valence-corrected chi connectivity index (χ4v) is 1.40. The number of rotatable bonds is 3. The fourth-order valence-electron chi connectivity index (χ4n) is 1.16. The highest BCUT2D eigenvalue weighted by Crippen LogP contribution is 2.20. The topological polar surface area (TPSA) is 57.5 Å². The molecule has 4 heteroatoms. The van der Waals surface area contributed by atoms with E-state index in [9.17, 15) is 4.79 Å². The van der Waals surface area contributed by atoms with Gasteiger partial charge in [-0.25, -0.2) is 0 Å². The van der Waals surface area contributed by atoms with Gasteiger partial charge in [-0.2, -0.15) is 0 Å². The molecular formula is C9H9ClO3. The molecule has 0 atom stereocenters. The predicted octanol–water partition coefficient (Wildman–Crippen LogP) is 1.14. The van der Waals surface area contributed by atoms with E-state index in [0.29, 0.717) is 28.0 Å². The summed E-state index contributed by atoms with van der Waals surface area (Å²) in [6.07, 6.45) is 0.608. The van der Waals surface area contributed by atoms with E-state index < -0.39 is 0 Å². The van der Waals surface area contributed by atoms with Gasteiger partial charge in [0.25, 0.3) is 0 Å². The summed E-state index contributed by atoms with van der Waals surface area (Å²) in [7, 11) is 0. The van der Waals surface area contributed by atoms with E-state index in [4.69, 9.17) is 21.8 Å². The van der Waals surface area contributed by atoms with E-state index >= 15 is 0 Å². The maximum Gasteiger partial charge on any atom is 0.150 e. The van der Waals surface area contributed by atoms with Gasteiger partial charge in [0.05, 0.1) is 13.2 Å². The van der Waals surface area contributed by atoms with Crippen molar-refractivity contribution >= 4 is 17.9 Å². The van der Waals surface area contributed by atoms with Crippen molar-refractivity contribution in [3.05, 3.63) is 33.8 Å². The van der Waals surface area contributed by atoms with Crippen LogP contribution in [0.1, 0.15) is 21.5 Å². The Bertz CT molecular complexity index is 323. The normalized spacial score (nSPS) is 10.1. The minimum absolute atomic E-state index is 0.239. The van der Waals surface area contributed by atoms with Crippen molar-refractivity contribution in [3.63, 3.8) is 0 Å². The second-order valence-electron chi connectivity index (χ2n) is 2.57. The number of aliphatic hydroxyl groups is 2. The number of halogens is 1. The maximum atomic E-state index is 10.6. The number of carbonyl (C=O) groups is 1. The number of hydrogen-bond acceptors (Lipinski definition) is 3. The molecule has 0 aliphatic rings. The van der Waals surface area contributed by atoms with Gasteiger partial charge >= 0.3 is 0 Å². The largest absolute Gasteiger partial charge is 0.392 e. The Balaban J connectivity index is 3.33. The molecule has 0 bridgehead atoms. The molecule has 3 nitrogen and oxygen atoms in total. The van der Waals surface area contributed by atoms with Crippen LogP contribution in [0.5, 0.6) is 0 Å². The first kappa shape index (κ1) is 10.2. The Kier molecular flexibility index (Phi) is 3.42. The molecule has 0 aromatic heterocycles. The van der Waals surface area contributed by atoms with Crippen LogP contribution in [0.25, 0.3) is 0 Å². The second kappa shape index (κ2) is 4.37. The lowest BCUT2D eigenvalue weighted by molar-refractivity contribution is 0.112. The summed E-state index contributed by atoms with van der Waals surface area (Å²) < 4.78 is 0. The fraction of sp³-hybridized carbons (Fsp3) is 0.222. The van der Waals surface area contributed by atoms with E-state index in [1.54, 1.807) is 0 Å². The molecule has 0 amide bonds. The van der Waals surface area contributed by atoms with Crippen molar-refractivity contribution in [2.75, 3.05) is 0 Å². The molecule has 70 valence electrons. The summed E-state index contributed by atoms with van der Waals surface area (Å²) in [5.41, 5.74) is 1.23. The van der Waals surface area contributed by atoms with Crippen LogP contribution in [0.2, 0.25) is 5.02 Å². The summed E-state index contributed by atoms with van der Waals surface area (Å²) in [5, 5.41) is 18.2. The SMILES string of the molecule is O=Cc1cc(Cl)cc(CO)c1CO. The molecule has 0 unspecified atom stereocenters. The van der Waals surface area contributed by atoms with Crippen molar-refractivity contribution in [1.29, 1.82) is 0 Å². The van der Waals surface area contributed by atoms with E-state index in [1.165, 1.54) is 12.1 Å². The van der Waals surface area contributed by atoms with Gasteiger partial charge in [0.2, 0.25) is 0 Å². The molecular weight excluding hydrogens is 192 g/mol. The van der Waals surface area contributed by atoms with Gasteiger partial charge in [-0.05, 0) is 23.3 Å². The summed E-state index contributed by atoms with van der Waals surface area (Å²) in [4.78, 5) is 10.6. The van der Waals surface area contributed by atoms with Crippen LogP contribution in [0, 0.1) is 0 Å². The summed E-state index contributed by atoms with van der Waals surface area (Å²) in [5.74, 6) is 0. The Hall–Kier alpha value is -0.900. The van der Waals surface area contributed by atoms with Crippen LogP contribution >= 0.6 is 11.6 Å². The molecule has 1 aromatic carbocycles. The van der Waals surface area contributed by atoms with Gasteiger partial charge in [0, 0.05) is 10.6 Å². The molecule has 0 saturated heterocycles. The molecule has 0 aliphatic carbocycles. The second-order valence-corrected chi connectivity index (χ2v) is 3.00. The van der Waals surface area contributed by atoms with Crippen molar-refractivity contribution < 1.29 is 15.0 Å². The quantitative estimate of drug-likeness (QED) is 0.720. The summed E-state index contributed by atoms with van der Waals surface area (Å²) >= 11 is 5.68. The molecule has 1 rings (SSSR count). The zero-order chi connectivity index (χ0) is 9.84. The van der Waals surface area contributed by atoms with Crippen LogP contribution in [-0.4, -0.2) is 16.5 Å². The minimum Gasteiger partial charge on any atom is -0.392 e. The van der Waals surface area contributed by atoms with Crippen LogP contribution in [-0.2, 0) is 13.2 Å². The maximum absolute atomic E-state index is 10.6. The molecule has 0 spiro atoms. The summed E-state index contributed by atoms with van der Waals surface area (Å²) in [6.45, 7) is -0.515. The van der Waals surface area contributed by atoms with Crippen LogP contribution in [0.15, 0.2) is 12.1 Å². The number of aldehydes is 1. The van der Waals surface area contributed by atoms with E-state index in [0.717, 1.165) is 0 Å². The molecule has 0 fully saturated rings. The molecule has 13 heavy (non-hydrogen) atoms. The first-order valence-electron chi connectivity index (χ1n) is 3.71. The minimum atomic E-state index is -0.277. The van der Waals surface area contributed by atoms with Gasteiger partial charge in [0.15, 0.2) is 0 Å². The Morgan fingerprint density at radius 2 is 2.00 bits per heavy atom. The first-order valence-corrected chi connectivity index (χ1v) is 4.09. The molecule has 1 aromatic rings. The molecule has 0 radical (unpaired) electrons. The standard InChI is InChI=1S/C9H9ClO3/c10-8-1-6(3-11)9(5-13)7(2-8)4-12/h1-3,12-13H,4-5H2. The highest BCUT2D eigenvalue weighted by Gasteiger charge is 2.07. The van der Waals surface area contributed by atoms with Gasteiger partial charge in [-0.15, -0.1) is 0 Å². The van der Waals surface area contributed by atoms with Crippen LogP contribution in [0.4, 0.5) is 0 Å². The highest BCUT2D eigenvalue weighted by molar-refractivity contribution is 6.31. The predicted molar refractivity (Wildman–Crippen MR) is 48.7 cm³/mol. The molecule has 0 aliphatic heterocycles. The van der Waals surface area contributed by atoms with Gasteiger partial charge in [0.1, 0.15) is 6.29 Å². The van der Waals surface area contributed by atoms with Gasteiger partial charge in [-0.1, -0.05) is 11.6 Å². The monoisotopic (exact) mass is 200 g/mol. The lowest BCUT2D eigenvalue weighted by atomic mass is 10.0. The van der Waals surface area contributed by atoms with Crippen LogP contribution < -0.4 is 0 Å². The van der Waals surface area contributed by atoms with Gasteiger partial charge in [-0.3, -0.25) is 4.79 Å². The zero-order valence-corrected chi connectivity index (χ0v) is 7.58. The third-order valence-corrected chi connectivity index (χ3v) is 2.02. The third-order valence-electron chi connectivity index (χ3n) is 1.80.